The predicted octanol–water partition coefficient (Wildman–Crippen LogP) is 4.09. The van der Waals surface area contributed by atoms with Crippen LogP contribution < -0.4 is 15.8 Å². The highest BCUT2D eigenvalue weighted by molar-refractivity contribution is 7.15. The van der Waals surface area contributed by atoms with Crippen molar-refractivity contribution >= 4 is 39.9 Å². The summed E-state index contributed by atoms with van der Waals surface area (Å²) in [4.78, 5) is 43.4. The zero-order valence-electron chi connectivity index (χ0n) is 18.0. The molecular weight excluding hydrogens is 455 g/mol. The van der Waals surface area contributed by atoms with Gasteiger partial charge in [0, 0.05) is 23.1 Å². The Hall–Kier alpha value is -3.85. The molecule has 1 saturated heterocycles. The van der Waals surface area contributed by atoms with E-state index in [1.807, 2.05) is 12.2 Å². The van der Waals surface area contributed by atoms with Crippen molar-refractivity contribution in [1.82, 2.24) is 10.4 Å². The number of halogens is 1. The van der Waals surface area contributed by atoms with Gasteiger partial charge < -0.3 is 0 Å². The van der Waals surface area contributed by atoms with E-state index in [0.717, 1.165) is 4.88 Å². The van der Waals surface area contributed by atoms with Crippen LogP contribution in [-0.4, -0.2) is 22.7 Å². The lowest BCUT2D eigenvalue weighted by atomic mass is 9.80. The second-order valence-electron chi connectivity index (χ2n) is 8.21. The summed E-state index contributed by atoms with van der Waals surface area (Å²) in [5, 5.41) is 4.37. The first kappa shape index (κ1) is 22.0. The highest BCUT2D eigenvalue weighted by Crippen LogP contribution is 2.32. The van der Waals surface area contributed by atoms with Crippen LogP contribution in [0.5, 0.6) is 0 Å². The van der Waals surface area contributed by atoms with Crippen LogP contribution in [0.25, 0.3) is 0 Å². The van der Waals surface area contributed by atoms with Gasteiger partial charge in [0.25, 0.3) is 5.91 Å². The molecular formula is C25H21FN4O3S. The lowest BCUT2D eigenvalue weighted by molar-refractivity contribution is -0.139. The zero-order chi connectivity index (χ0) is 23.7. The molecule has 1 aromatic heterocycles. The summed E-state index contributed by atoms with van der Waals surface area (Å²) in [6.07, 6.45) is 6.91. The summed E-state index contributed by atoms with van der Waals surface area (Å²) in [5.74, 6) is -1.84. The average Bonchev–Trinajstić information content (AvgIpc) is 3.29. The Kier molecular flexibility index (Phi) is 5.93. The highest BCUT2D eigenvalue weighted by atomic mass is 32.1. The van der Waals surface area contributed by atoms with Gasteiger partial charge in [0.15, 0.2) is 5.13 Å². The number of carbonyl (C=O) groups is 3. The summed E-state index contributed by atoms with van der Waals surface area (Å²) >= 11 is 1.27. The summed E-state index contributed by atoms with van der Waals surface area (Å²) < 4.78 is 13.9. The minimum absolute atomic E-state index is 0.191. The maximum Gasteiger partial charge on any atom is 0.257 e. The number of aromatic nitrogens is 1. The van der Waals surface area contributed by atoms with Crippen LogP contribution in [0.3, 0.4) is 0 Å². The van der Waals surface area contributed by atoms with Gasteiger partial charge in [-0.3, -0.25) is 25.1 Å². The predicted molar refractivity (Wildman–Crippen MR) is 127 cm³/mol. The van der Waals surface area contributed by atoms with Crippen LogP contribution in [0, 0.1) is 17.7 Å². The number of hydrogen-bond acceptors (Lipinski definition) is 5. The number of fused-ring (bicyclic) bond motifs is 1. The van der Waals surface area contributed by atoms with Crippen molar-refractivity contribution in [2.24, 2.45) is 11.8 Å². The largest absolute Gasteiger partial charge is 0.298 e. The van der Waals surface area contributed by atoms with Gasteiger partial charge in [-0.15, -0.1) is 11.3 Å². The Bertz CT molecular complexity index is 1300. The van der Waals surface area contributed by atoms with Crippen LogP contribution >= 0.6 is 11.3 Å². The van der Waals surface area contributed by atoms with E-state index in [1.54, 1.807) is 48.7 Å². The molecule has 1 aliphatic carbocycles. The molecule has 0 bridgehead atoms. The van der Waals surface area contributed by atoms with Gasteiger partial charge in [0.2, 0.25) is 11.8 Å². The molecule has 7 nitrogen and oxygen atoms in total. The Morgan fingerprint density at radius 1 is 1.12 bits per heavy atom. The molecule has 172 valence electrons. The Labute approximate surface area is 199 Å². The lowest BCUT2D eigenvalue weighted by Crippen LogP contribution is -2.59. The minimum atomic E-state index is -0.403. The molecule has 2 aliphatic rings. The highest BCUT2D eigenvalue weighted by Gasteiger charge is 2.42. The van der Waals surface area contributed by atoms with Gasteiger partial charge >= 0.3 is 0 Å². The van der Waals surface area contributed by atoms with Crippen molar-refractivity contribution in [2.45, 2.75) is 19.3 Å². The molecule has 34 heavy (non-hydrogen) atoms. The zero-order valence-corrected chi connectivity index (χ0v) is 18.8. The smallest absolute Gasteiger partial charge is 0.257 e. The van der Waals surface area contributed by atoms with Crippen molar-refractivity contribution in [2.75, 3.05) is 10.3 Å². The molecule has 0 radical (unpaired) electrons. The van der Waals surface area contributed by atoms with E-state index in [1.165, 1.54) is 22.4 Å². The Morgan fingerprint density at radius 3 is 2.74 bits per heavy atom. The van der Waals surface area contributed by atoms with Crippen LogP contribution in [0.2, 0.25) is 0 Å². The molecule has 0 spiro atoms. The van der Waals surface area contributed by atoms with E-state index < -0.39 is 11.8 Å². The molecule has 2 atom stereocenters. The summed E-state index contributed by atoms with van der Waals surface area (Å²) in [6.45, 7) is 0. The van der Waals surface area contributed by atoms with Crippen molar-refractivity contribution in [3.05, 3.63) is 88.7 Å². The molecule has 1 fully saturated rings. The Morgan fingerprint density at radius 2 is 1.91 bits per heavy atom. The maximum absolute atomic E-state index is 13.9. The van der Waals surface area contributed by atoms with E-state index in [0.29, 0.717) is 41.2 Å². The number of amides is 3. The second kappa shape index (κ2) is 9.18. The topological polar surface area (TPSA) is 91.4 Å². The molecule has 9 heteroatoms. The van der Waals surface area contributed by atoms with Crippen molar-refractivity contribution in [1.29, 1.82) is 0 Å². The van der Waals surface area contributed by atoms with Crippen molar-refractivity contribution in [3.63, 3.8) is 0 Å². The monoisotopic (exact) mass is 476 g/mol. The lowest BCUT2D eigenvalue weighted by Gasteiger charge is -2.38. The van der Waals surface area contributed by atoms with Crippen LogP contribution in [0.4, 0.5) is 15.2 Å². The molecule has 1 aliphatic heterocycles. The van der Waals surface area contributed by atoms with Gasteiger partial charge in [-0.25, -0.2) is 14.4 Å². The normalized spacial score (nSPS) is 19.5. The van der Waals surface area contributed by atoms with E-state index in [4.69, 9.17) is 0 Å². The van der Waals surface area contributed by atoms with E-state index in [9.17, 15) is 18.8 Å². The van der Waals surface area contributed by atoms with Crippen LogP contribution in [-0.2, 0) is 16.0 Å². The molecule has 0 saturated carbocycles. The molecule has 2 heterocycles. The second-order valence-corrected chi connectivity index (χ2v) is 9.33. The quantitative estimate of drug-likeness (QED) is 0.543. The molecule has 2 aromatic carbocycles. The number of allylic oxidation sites excluding steroid dienone is 2. The molecule has 3 amide bonds. The molecule has 3 aromatic rings. The van der Waals surface area contributed by atoms with E-state index in [2.05, 4.69) is 15.7 Å². The molecule has 2 N–H and O–H groups in total. The number of hydrogen-bond donors (Lipinski definition) is 2. The number of anilines is 2. The van der Waals surface area contributed by atoms with Gasteiger partial charge in [0.1, 0.15) is 5.82 Å². The number of hydrazine groups is 1. The number of nitrogens with one attached hydrogen (secondary N) is 2. The first-order chi connectivity index (χ1) is 16.5. The summed E-state index contributed by atoms with van der Waals surface area (Å²) in [7, 11) is 0. The third-order valence-electron chi connectivity index (χ3n) is 5.99. The fraction of sp³-hybridized carbons (Fsp3) is 0.200. The fourth-order valence-electron chi connectivity index (χ4n) is 4.21. The standard InChI is InChI=1S/C25H21FN4O3S/c26-21-11-4-1-6-15(21)13-18-14-27-25(34-18)28-22(31)16-7-5-8-17(12-16)30-24(33)20-10-3-2-9-19(20)23(32)29-30/h1-8,11-12,14,19-20H,9-10,13H2,(H,29,32)(H,27,28,31). The summed E-state index contributed by atoms with van der Waals surface area (Å²) in [5.41, 5.74) is 3.95. The van der Waals surface area contributed by atoms with Crippen LogP contribution in [0.1, 0.15) is 33.6 Å². The number of benzene rings is 2. The first-order valence-corrected chi connectivity index (χ1v) is 11.7. The summed E-state index contributed by atoms with van der Waals surface area (Å²) in [6, 6.07) is 13.0. The van der Waals surface area contributed by atoms with E-state index in [-0.39, 0.29) is 23.5 Å². The van der Waals surface area contributed by atoms with Gasteiger partial charge in [-0.05, 0) is 42.7 Å². The SMILES string of the molecule is O=C(Nc1ncc(Cc2ccccc2F)s1)c1cccc(N2NC(=O)C3CC=CCC3C2=O)c1. The third-order valence-corrected chi connectivity index (χ3v) is 6.90. The number of rotatable bonds is 5. The third kappa shape index (κ3) is 4.34. The van der Waals surface area contributed by atoms with Gasteiger partial charge in [-0.2, -0.15) is 0 Å². The first-order valence-electron chi connectivity index (χ1n) is 10.9. The van der Waals surface area contributed by atoms with E-state index >= 15 is 0 Å². The number of thiazole rings is 1. The minimum Gasteiger partial charge on any atom is -0.298 e. The average molecular weight is 477 g/mol. The molecule has 5 rings (SSSR count). The van der Waals surface area contributed by atoms with Crippen LogP contribution in [0.15, 0.2) is 66.9 Å². The van der Waals surface area contributed by atoms with Crippen molar-refractivity contribution < 1.29 is 18.8 Å². The van der Waals surface area contributed by atoms with Gasteiger partial charge in [0.05, 0.1) is 17.5 Å². The number of carbonyl (C=O) groups excluding carboxylic acids is 3. The van der Waals surface area contributed by atoms with Gasteiger partial charge in [-0.1, -0.05) is 36.4 Å². The Balaban J connectivity index is 1.29. The van der Waals surface area contributed by atoms with Crippen molar-refractivity contribution in [3.8, 4) is 0 Å². The fourth-order valence-corrected chi connectivity index (χ4v) is 5.05. The molecule has 2 unspecified atom stereocenters. The maximum atomic E-state index is 13.9. The number of nitrogens with zero attached hydrogens (tertiary/aromatic N) is 2.